The second kappa shape index (κ2) is 6.75. The lowest BCUT2D eigenvalue weighted by atomic mass is 9.89. The molecule has 1 aliphatic rings. The molecule has 0 saturated heterocycles. The van der Waals surface area contributed by atoms with Gasteiger partial charge in [-0.05, 0) is 43.4 Å². The number of carbonyl (C=O) groups excluding carboxylic acids is 1. The van der Waals surface area contributed by atoms with Gasteiger partial charge in [-0.3, -0.25) is 4.79 Å². The molecule has 1 aromatic heterocycles. The topological polar surface area (TPSA) is 51.5 Å². The van der Waals surface area contributed by atoms with E-state index in [1.807, 2.05) is 25.1 Å². The van der Waals surface area contributed by atoms with Gasteiger partial charge in [0.15, 0.2) is 11.5 Å². The fourth-order valence-electron chi connectivity index (χ4n) is 2.63. The van der Waals surface area contributed by atoms with E-state index in [9.17, 15) is 4.79 Å². The summed E-state index contributed by atoms with van der Waals surface area (Å²) in [6.07, 6.45) is 4.92. The van der Waals surface area contributed by atoms with E-state index < -0.39 is 0 Å². The maximum atomic E-state index is 11.7. The lowest BCUT2D eigenvalue weighted by Crippen LogP contribution is -2.46. The largest absolute Gasteiger partial charge is 0.490 e. The zero-order valence-electron chi connectivity index (χ0n) is 12.9. The number of ether oxygens (including phenoxy) is 1. The average Bonchev–Trinajstić information content (AvgIpc) is 2.91. The summed E-state index contributed by atoms with van der Waals surface area (Å²) >= 11 is 1.80. The fourth-order valence-corrected chi connectivity index (χ4v) is 3.03. The molecule has 1 saturated carbocycles. The molecule has 0 radical (unpaired) electrons. The number of Topliss-reactive ketones (excluding diaryl/α,β-unsaturated/α-hetero) is 1. The first-order valence-corrected chi connectivity index (χ1v) is 9.04. The van der Waals surface area contributed by atoms with Gasteiger partial charge in [-0.2, -0.15) is 0 Å². The molecule has 3 rings (SSSR count). The van der Waals surface area contributed by atoms with Crippen LogP contribution in [-0.4, -0.2) is 30.1 Å². The van der Waals surface area contributed by atoms with Crippen molar-refractivity contribution in [1.29, 1.82) is 0 Å². The van der Waals surface area contributed by atoms with Crippen molar-refractivity contribution in [3.63, 3.8) is 0 Å². The Balaban J connectivity index is 1.62. The molecule has 0 spiro atoms. The van der Waals surface area contributed by atoms with E-state index in [0.29, 0.717) is 18.2 Å². The fraction of sp³-hybridized carbons (Fsp3) is 0.471. The van der Waals surface area contributed by atoms with E-state index in [2.05, 4.69) is 11.6 Å². The average molecular weight is 319 g/mol. The Morgan fingerprint density at radius 1 is 1.41 bits per heavy atom. The smallest absolute Gasteiger partial charge is 0.197 e. The summed E-state index contributed by atoms with van der Waals surface area (Å²) in [4.78, 5) is 11.7. The van der Waals surface area contributed by atoms with Crippen molar-refractivity contribution in [2.45, 2.75) is 38.3 Å². The Kier molecular flexibility index (Phi) is 4.74. The molecule has 1 aliphatic carbocycles. The predicted molar refractivity (Wildman–Crippen MR) is 89.8 cm³/mol. The number of hydrogen-bond donors (Lipinski definition) is 1. The van der Waals surface area contributed by atoms with Crippen LogP contribution >= 0.6 is 11.8 Å². The standard InChI is InChI=1S/C17H21NO3S/c1-3-15(19)17-7-11-6-13(4-5-16(11)21-17)20-14-8-12(9-14)18-10-22-2/h4-7,12,14,18H,3,8-10H2,1-2H3/t12-,14-. The second-order valence-corrected chi connectivity index (χ2v) is 6.50. The molecule has 118 valence electrons. The highest BCUT2D eigenvalue weighted by atomic mass is 32.2. The summed E-state index contributed by atoms with van der Waals surface area (Å²) in [6.45, 7) is 1.84. The lowest BCUT2D eigenvalue weighted by Gasteiger charge is -2.35. The maximum absolute atomic E-state index is 11.7. The van der Waals surface area contributed by atoms with E-state index >= 15 is 0 Å². The number of ketones is 1. The summed E-state index contributed by atoms with van der Waals surface area (Å²) in [6, 6.07) is 8.11. The van der Waals surface area contributed by atoms with Crippen molar-refractivity contribution < 1.29 is 13.9 Å². The van der Waals surface area contributed by atoms with Gasteiger partial charge >= 0.3 is 0 Å². The zero-order valence-corrected chi connectivity index (χ0v) is 13.7. The van der Waals surface area contributed by atoms with Gasteiger partial charge in [-0.1, -0.05) is 6.92 Å². The third-order valence-corrected chi connectivity index (χ3v) is 4.45. The van der Waals surface area contributed by atoms with Crippen LogP contribution in [0.3, 0.4) is 0 Å². The van der Waals surface area contributed by atoms with Gasteiger partial charge in [-0.15, -0.1) is 11.8 Å². The third kappa shape index (κ3) is 3.31. The summed E-state index contributed by atoms with van der Waals surface area (Å²) in [5.74, 6) is 2.30. The highest BCUT2D eigenvalue weighted by Gasteiger charge is 2.30. The third-order valence-electron chi connectivity index (χ3n) is 4.00. The van der Waals surface area contributed by atoms with Crippen LogP contribution in [0.25, 0.3) is 11.0 Å². The van der Waals surface area contributed by atoms with Crippen LogP contribution in [0.15, 0.2) is 28.7 Å². The highest BCUT2D eigenvalue weighted by molar-refractivity contribution is 7.98. The molecule has 22 heavy (non-hydrogen) atoms. The molecule has 1 aromatic carbocycles. The summed E-state index contributed by atoms with van der Waals surface area (Å²) in [7, 11) is 0. The van der Waals surface area contributed by atoms with Crippen molar-refractivity contribution >= 4 is 28.5 Å². The van der Waals surface area contributed by atoms with Gasteiger partial charge in [0.25, 0.3) is 0 Å². The van der Waals surface area contributed by atoms with Crippen LogP contribution in [-0.2, 0) is 0 Å². The minimum Gasteiger partial charge on any atom is -0.490 e. The van der Waals surface area contributed by atoms with Crippen LogP contribution in [0.4, 0.5) is 0 Å². The first-order chi connectivity index (χ1) is 10.7. The summed E-state index contributed by atoms with van der Waals surface area (Å²) in [5, 5.41) is 4.39. The molecule has 5 heteroatoms. The number of fused-ring (bicyclic) bond motifs is 1. The molecule has 2 aromatic rings. The van der Waals surface area contributed by atoms with Gasteiger partial charge in [0.05, 0.1) is 0 Å². The van der Waals surface area contributed by atoms with E-state index in [1.165, 1.54) is 0 Å². The molecule has 0 amide bonds. The molecule has 1 heterocycles. The van der Waals surface area contributed by atoms with Gasteiger partial charge in [-0.25, -0.2) is 0 Å². The highest BCUT2D eigenvalue weighted by Crippen LogP contribution is 2.29. The van der Waals surface area contributed by atoms with E-state index in [1.54, 1.807) is 17.8 Å². The van der Waals surface area contributed by atoms with Gasteiger partial charge in [0.1, 0.15) is 17.4 Å². The number of hydrogen-bond acceptors (Lipinski definition) is 5. The number of benzene rings is 1. The predicted octanol–water partition coefficient (Wildman–Crippen LogP) is 3.85. The summed E-state index contributed by atoms with van der Waals surface area (Å²) in [5.41, 5.74) is 0.734. The number of carbonyl (C=O) groups is 1. The van der Waals surface area contributed by atoms with Gasteiger partial charge in [0, 0.05) is 23.7 Å². The van der Waals surface area contributed by atoms with Crippen LogP contribution in [0.1, 0.15) is 36.7 Å². The Labute approximate surface area is 134 Å². The Bertz CT molecular complexity index is 661. The molecule has 0 bridgehead atoms. The maximum Gasteiger partial charge on any atom is 0.197 e. The van der Waals surface area contributed by atoms with E-state index in [-0.39, 0.29) is 11.9 Å². The van der Waals surface area contributed by atoms with Gasteiger partial charge < -0.3 is 14.5 Å². The second-order valence-electron chi connectivity index (χ2n) is 5.63. The SMILES string of the molecule is CCC(=O)c1cc2cc(O[C@H]3C[C@H](NCSC)C3)ccc2o1. The molecular formula is C17H21NO3S. The Morgan fingerprint density at radius 3 is 2.95 bits per heavy atom. The van der Waals surface area contributed by atoms with Crippen LogP contribution in [0, 0.1) is 0 Å². The monoisotopic (exact) mass is 319 g/mol. The zero-order chi connectivity index (χ0) is 15.5. The van der Waals surface area contributed by atoms with Crippen molar-refractivity contribution in [3.05, 3.63) is 30.0 Å². The molecule has 0 atom stereocenters. The lowest BCUT2D eigenvalue weighted by molar-refractivity contribution is 0.0879. The molecule has 0 unspecified atom stereocenters. The quantitative estimate of drug-likeness (QED) is 0.620. The first kappa shape index (κ1) is 15.4. The van der Waals surface area contributed by atoms with Crippen LogP contribution in [0.2, 0.25) is 0 Å². The minimum absolute atomic E-state index is 0.0281. The van der Waals surface area contributed by atoms with Crippen molar-refractivity contribution in [2.24, 2.45) is 0 Å². The molecule has 1 N–H and O–H groups in total. The number of rotatable bonds is 7. The van der Waals surface area contributed by atoms with Crippen molar-refractivity contribution in [3.8, 4) is 5.75 Å². The van der Waals surface area contributed by atoms with E-state index in [4.69, 9.17) is 9.15 Å². The normalized spacial score (nSPS) is 20.8. The van der Waals surface area contributed by atoms with Crippen molar-refractivity contribution in [1.82, 2.24) is 5.32 Å². The van der Waals surface area contributed by atoms with Crippen molar-refractivity contribution in [2.75, 3.05) is 12.1 Å². The Morgan fingerprint density at radius 2 is 2.23 bits per heavy atom. The molecule has 1 fully saturated rings. The van der Waals surface area contributed by atoms with E-state index in [0.717, 1.165) is 35.4 Å². The number of furan rings is 1. The summed E-state index contributed by atoms with van der Waals surface area (Å²) < 4.78 is 11.6. The molecule has 0 aliphatic heterocycles. The number of thioether (sulfide) groups is 1. The molecule has 4 nitrogen and oxygen atoms in total. The van der Waals surface area contributed by atoms with Gasteiger partial charge in [0.2, 0.25) is 0 Å². The minimum atomic E-state index is 0.0281. The first-order valence-electron chi connectivity index (χ1n) is 7.65. The Hall–Kier alpha value is -1.46. The van der Waals surface area contributed by atoms with Crippen LogP contribution < -0.4 is 10.1 Å². The number of nitrogens with one attached hydrogen (secondary N) is 1. The van der Waals surface area contributed by atoms with Crippen LogP contribution in [0.5, 0.6) is 5.75 Å². The molecular weight excluding hydrogens is 298 g/mol.